The summed E-state index contributed by atoms with van der Waals surface area (Å²) in [5.74, 6) is -0.141. The highest BCUT2D eigenvalue weighted by atomic mass is 16.6. The summed E-state index contributed by atoms with van der Waals surface area (Å²) >= 11 is 0. The lowest BCUT2D eigenvalue weighted by Gasteiger charge is -2.25. The average molecular weight is 606 g/mol. The van der Waals surface area contributed by atoms with Crippen LogP contribution < -0.4 is 24.3 Å². The molecule has 0 unspecified atom stereocenters. The zero-order valence-corrected chi connectivity index (χ0v) is 24.4. The van der Waals surface area contributed by atoms with Crippen LogP contribution in [-0.4, -0.2) is 87.1 Å². The SMILES string of the molecule is COC(=O)CCCOc1cc([N+](=O)[O-])c(COC(=O)Nc2cc(OC)c(OC)cc2C(=O)N2CCC[C@H]2CO)cc1OC. The number of ether oxygens (including phenoxy) is 6. The highest BCUT2D eigenvalue weighted by Gasteiger charge is 2.31. The molecule has 0 spiro atoms. The van der Waals surface area contributed by atoms with Crippen molar-refractivity contribution in [3.05, 3.63) is 45.5 Å². The third kappa shape index (κ3) is 8.16. The fourth-order valence-electron chi connectivity index (χ4n) is 4.55. The van der Waals surface area contributed by atoms with Crippen LogP contribution in [0, 0.1) is 10.1 Å². The largest absolute Gasteiger partial charge is 0.493 e. The van der Waals surface area contributed by atoms with E-state index < -0.39 is 29.5 Å². The maximum absolute atomic E-state index is 13.4. The highest BCUT2D eigenvalue weighted by molar-refractivity contribution is 6.03. The Hall–Kier alpha value is -4.79. The van der Waals surface area contributed by atoms with Crippen LogP contribution in [0.2, 0.25) is 0 Å². The van der Waals surface area contributed by atoms with Gasteiger partial charge in [-0.3, -0.25) is 25.0 Å². The van der Waals surface area contributed by atoms with Crippen LogP contribution in [0.25, 0.3) is 0 Å². The normalized spacial score (nSPS) is 14.1. The third-order valence-corrected chi connectivity index (χ3v) is 6.77. The van der Waals surface area contributed by atoms with Gasteiger partial charge in [-0.05, 0) is 31.4 Å². The fraction of sp³-hybridized carbons (Fsp3) is 0.464. The molecule has 234 valence electrons. The number of likely N-dealkylation sites (tertiary alicyclic amines) is 1. The summed E-state index contributed by atoms with van der Waals surface area (Å²) in [6.07, 6.45) is 0.773. The van der Waals surface area contributed by atoms with Crippen molar-refractivity contribution < 1.29 is 52.8 Å². The predicted molar refractivity (Wildman–Crippen MR) is 151 cm³/mol. The molecule has 15 heteroatoms. The Morgan fingerprint density at radius 3 is 2.33 bits per heavy atom. The van der Waals surface area contributed by atoms with E-state index in [9.17, 15) is 29.6 Å². The van der Waals surface area contributed by atoms with Crippen LogP contribution in [0.1, 0.15) is 41.6 Å². The molecule has 43 heavy (non-hydrogen) atoms. The van der Waals surface area contributed by atoms with Crippen molar-refractivity contribution in [1.82, 2.24) is 4.90 Å². The third-order valence-electron chi connectivity index (χ3n) is 6.77. The van der Waals surface area contributed by atoms with Crippen LogP contribution in [0.4, 0.5) is 16.2 Å². The molecule has 2 amide bonds. The number of carbonyl (C=O) groups is 3. The van der Waals surface area contributed by atoms with Gasteiger partial charge in [-0.1, -0.05) is 0 Å². The molecule has 1 atom stereocenters. The van der Waals surface area contributed by atoms with E-state index in [1.165, 1.54) is 51.5 Å². The second kappa shape index (κ2) is 15.4. The summed E-state index contributed by atoms with van der Waals surface area (Å²) in [7, 11) is 5.41. The number of hydrogen-bond donors (Lipinski definition) is 2. The van der Waals surface area contributed by atoms with Gasteiger partial charge in [0.05, 0.1) is 75.5 Å². The number of esters is 1. The number of nitrogens with zero attached hydrogens (tertiary/aromatic N) is 2. The topological polar surface area (TPSA) is 185 Å². The zero-order chi connectivity index (χ0) is 31.5. The predicted octanol–water partition coefficient (Wildman–Crippen LogP) is 3.30. The minimum absolute atomic E-state index is 0.0189. The molecule has 0 radical (unpaired) electrons. The van der Waals surface area contributed by atoms with Gasteiger partial charge >= 0.3 is 12.1 Å². The number of benzene rings is 2. The maximum Gasteiger partial charge on any atom is 0.411 e. The quantitative estimate of drug-likeness (QED) is 0.139. The van der Waals surface area contributed by atoms with Gasteiger partial charge in [-0.15, -0.1) is 0 Å². The lowest BCUT2D eigenvalue weighted by molar-refractivity contribution is -0.385. The summed E-state index contributed by atoms with van der Waals surface area (Å²) < 4.78 is 31.4. The Morgan fingerprint density at radius 1 is 1.02 bits per heavy atom. The van der Waals surface area contributed by atoms with E-state index in [1.807, 2.05) is 0 Å². The maximum atomic E-state index is 13.4. The average Bonchev–Trinajstić information content (AvgIpc) is 3.50. The Morgan fingerprint density at radius 2 is 1.70 bits per heavy atom. The van der Waals surface area contributed by atoms with Crippen molar-refractivity contribution in [3.8, 4) is 23.0 Å². The number of methoxy groups -OCH3 is 4. The number of nitrogens with one attached hydrogen (secondary N) is 1. The molecule has 3 rings (SSSR count). The monoisotopic (exact) mass is 605 g/mol. The fourth-order valence-corrected chi connectivity index (χ4v) is 4.55. The van der Waals surface area contributed by atoms with Crippen molar-refractivity contribution in [2.24, 2.45) is 0 Å². The van der Waals surface area contributed by atoms with Crippen LogP contribution in [0.15, 0.2) is 24.3 Å². The molecule has 2 aromatic carbocycles. The number of rotatable bonds is 14. The minimum Gasteiger partial charge on any atom is -0.493 e. The van der Waals surface area contributed by atoms with Gasteiger partial charge in [-0.2, -0.15) is 0 Å². The molecule has 1 heterocycles. The summed E-state index contributed by atoms with van der Waals surface area (Å²) in [5, 5.41) is 24.0. The number of amides is 2. The second-order valence-electron chi connectivity index (χ2n) is 9.35. The van der Waals surface area contributed by atoms with Gasteiger partial charge < -0.3 is 38.4 Å². The van der Waals surface area contributed by atoms with Crippen LogP contribution in [0.5, 0.6) is 23.0 Å². The Bertz CT molecular complexity index is 1330. The Labute approximate surface area is 247 Å². The van der Waals surface area contributed by atoms with E-state index in [2.05, 4.69) is 10.1 Å². The molecule has 15 nitrogen and oxygen atoms in total. The van der Waals surface area contributed by atoms with Crippen LogP contribution >= 0.6 is 0 Å². The summed E-state index contributed by atoms with van der Waals surface area (Å²) in [6.45, 7) is -0.220. The molecule has 0 saturated carbocycles. The highest BCUT2D eigenvalue weighted by Crippen LogP contribution is 2.37. The Kier molecular flexibility index (Phi) is 11.8. The molecule has 1 aliphatic rings. The molecule has 1 saturated heterocycles. The molecular formula is C28H35N3O12. The summed E-state index contributed by atoms with van der Waals surface area (Å²) in [5.41, 5.74) is -0.233. The van der Waals surface area contributed by atoms with Gasteiger partial charge in [0.2, 0.25) is 0 Å². The van der Waals surface area contributed by atoms with E-state index in [1.54, 1.807) is 0 Å². The lowest BCUT2D eigenvalue weighted by Crippen LogP contribution is -2.38. The summed E-state index contributed by atoms with van der Waals surface area (Å²) in [4.78, 5) is 50.3. The van der Waals surface area contributed by atoms with Crippen molar-refractivity contribution >= 4 is 29.3 Å². The van der Waals surface area contributed by atoms with E-state index in [4.69, 9.17) is 23.7 Å². The van der Waals surface area contributed by atoms with E-state index in [-0.39, 0.29) is 71.2 Å². The van der Waals surface area contributed by atoms with Gasteiger partial charge in [-0.25, -0.2) is 4.79 Å². The first-order valence-electron chi connectivity index (χ1n) is 13.3. The standard InChI is InChI=1S/C28H35N3O12/c1-38-22-11-17(21(31(36)37)14-25(22)42-10-6-8-26(33)41-4)16-43-28(35)29-20-13-24(40-3)23(39-2)12-19(20)27(34)30-9-5-7-18(30)15-32/h11-14,18,32H,5-10,15-16H2,1-4H3,(H,29,35)/t18-/m0/s1. The molecule has 1 fully saturated rings. The molecule has 0 aromatic heterocycles. The van der Waals surface area contributed by atoms with Crippen LogP contribution in [-0.2, 0) is 20.9 Å². The number of nitro benzene ring substituents is 1. The van der Waals surface area contributed by atoms with Crippen LogP contribution in [0.3, 0.4) is 0 Å². The molecule has 1 aliphatic heterocycles. The molecular weight excluding hydrogens is 570 g/mol. The minimum atomic E-state index is -1.00. The smallest absolute Gasteiger partial charge is 0.411 e. The van der Waals surface area contributed by atoms with Crippen molar-refractivity contribution in [2.45, 2.75) is 38.3 Å². The number of nitro groups is 1. The van der Waals surface area contributed by atoms with Crippen molar-refractivity contribution in [2.75, 3.05) is 53.5 Å². The van der Waals surface area contributed by atoms with Crippen molar-refractivity contribution in [1.29, 1.82) is 0 Å². The number of aliphatic hydroxyl groups excluding tert-OH is 1. The number of anilines is 1. The van der Waals surface area contributed by atoms with E-state index in [0.717, 1.165) is 6.07 Å². The molecule has 2 N–H and O–H groups in total. The first kappa shape index (κ1) is 32.7. The van der Waals surface area contributed by atoms with E-state index >= 15 is 0 Å². The van der Waals surface area contributed by atoms with Gasteiger partial charge in [0.25, 0.3) is 11.6 Å². The van der Waals surface area contributed by atoms with Gasteiger partial charge in [0, 0.05) is 19.0 Å². The van der Waals surface area contributed by atoms with E-state index in [0.29, 0.717) is 25.8 Å². The molecule has 0 aliphatic carbocycles. The first-order chi connectivity index (χ1) is 20.7. The Balaban J connectivity index is 1.80. The lowest BCUT2D eigenvalue weighted by atomic mass is 10.1. The molecule has 0 bridgehead atoms. The number of aliphatic hydroxyl groups is 1. The molecule has 2 aromatic rings. The zero-order valence-electron chi connectivity index (χ0n) is 24.4. The van der Waals surface area contributed by atoms with Crippen molar-refractivity contribution in [3.63, 3.8) is 0 Å². The number of carbonyl (C=O) groups excluding carboxylic acids is 3. The first-order valence-corrected chi connectivity index (χ1v) is 13.3. The summed E-state index contributed by atoms with van der Waals surface area (Å²) in [6, 6.07) is 4.91. The van der Waals surface area contributed by atoms with Gasteiger partial charge in [0.15, 0.2) is 23.0 Å². The number of hydrogen-bond acceptors (Lipinski definition) is 12. The second-order valence-corrected chi connectivity index (χ2v) is 9.35. The van der Waals surface area contributed by atoms with Gasteiger partial charge in [0.1, 0.15) is 6.61 Å².